The summed E-state index contributed by atoms with van der Waals surface area (Å²) in [5, 5.41) is 25.4. The van der Waals surface area contributed by atoms with Gasteiger partial charge in [0.2, 0.25) is 17.7 Å². The molecule has 0 heterocycles. The van der Waals surface area contributed by atoms with Gasteiger partial charge in [-0.25, -0.2) is 4.79 Å². The van der Waals surface area contributed by atoms with E-state index in [9.17, 15) is 29.1 Å². The minimum Gasteiger partial charge on any atom is -0.481 e. The summed E-state index contributed by atoms with van der Waals surface area (Å²) < 4.78 is 0. The van der Waals surface area contributed by atoms with Crippen molar-refractivity contribution < 1.29 is 34.2 Å². The highest BCUT2D eigenvalue weighted by atomic mass is 32.2. The van der Waals surface area contributed by atoms with E-state index in [1.165, 1.54) is 18.7 Å². The van der Waals surface area contributed by atoms with E-state index < -0.39 is 60.2 Å². The van der Waals surface area contributed by atoms with Gasteiger partial charge in [-0.05, 0) is 43.8 Å². The molecule has 188 valence electrons. The minimum atomic E-state index is -1.41. The number of nitrogens with one attached hydrogen (secondary N) is 3. The Morgan fingerprint density at radius 2 is 1.53 bits per heavy atom. The van der Waals surface area contributed by atoms with E-state index in [0.29, 0.717) is 5.75 Å². The Morgan fingerprint density at radius 1 is 0.912 bits per heavy atom. The molecule has 11 nitrogen and oxygen atoms in total. The molecule has 0 aliphatic heterocycles. The lowest BCUT2D eigenvalue weighted by molar-refractivity contribution is -0.143. The van der Waals surface area contributed by atoms with Gasteiger partial charge in [0.05, 0.1) is 6.04 Å². The molecule has 7 N–H and O–H groups in total. The quantitative estimate of drug-likeness (QED) is 0.190. The number of amides is 3. The molecule has 12 heteroatoms. The molecule has 1 rings (SSSR count). The zero-order chi connectivity index (χ0) is 25.7. The highest BCUT2D eigenvalue weighted by Crippen LogP contribution is 2.05. The van der Waals surface area contributed by atoms with Crippen LogP contribution in [0.5, 0.6) is 0 Å². The third kappa shape index (κ3) is 10.7. The molecule has 0 bridgehead atoms. The lowest BCUT2D eigenvalue weighted by Gasteiger charge is -2.23. The fourth-order valence-corrected chi connectivity index (χ4v) is 3.42. The number of aliphatic carboxylic acids is 2. The molecular formula is C22H32N4O7S. The van der Waals surface area contributed by atoms with Crippen molar-refractivity contribution in [3.63, 3.8) is 0 Å². The van der Waals surface area contributed by atoms with Crippen LogP contribution >= 0.6 is 11.8 Å². The zero-order valence-electron chi connectivity index (χ0n) is 19.2. The lowest BCUT2D eigenvalue weighted by atomic mass is 10.1. The van der Waals surface area contributed by atoms with Crippen molar-refractivity contribution in [1.29, 1.82) is 0 Å². The SMILES string of the molecule is CSCC[C@H](NC(=O)[C@H](C)NC(=O)[C@@H](N)Cc1ccccc1)C(=O)N[C@@H](CCC(=O)O)C(=O)O. The van der Waals surface area contributed by atoms with E-state index in [0.717, 1.165) is 5.56 Å². The molecule has 0 radical (unpaired) electrons. The Labute approximate surface area is 202 Å². The Morgan fingerprint density at radius 3 is 2.09 bits per heavy atom. The number of rotatable bonds is 15. The zero-order valence-corrected chi connectivity index (χ0v) is 20.0. The van der Waals surface area contributed by atoms with E-state index in [2.05, 4.69) is 16.0 Å². The van der Waals surface area contributed by atoms with Crippen LogP contribution in [0.1, 0.15) is 31.7 Å². The number of thioether (sulfide) groups is 1. The van der Waals surface area contributed by atoms with Crippen LogP contribution in [0.3, 0.4) is 0 Å². The largest absolute Gasteiger partial charge is 0.481 e. The number of carboxylic acid groups (broad SMARTS) is 2. The second-order valence-electron chi connectivity index (χ2n) is 7.70. The second kappa shape index (κ2) is 14.9. The fraction of sp³-hybridized carbons (Fsp3) is 0.500. The first-order valence-corrected chi connectivity index (χ1v) is 12.1. The first kappa shape index (κ1) is 28.9. The minimum absolute atomic E-state index is 0.207. The summed E-state index contributed by atoms with van der Waals surface area (Å²) >= 11 is 1.43. The molecule has 0 aliphatic rings. The summed E-state index contributed by atoms with van der Waals surface area (Å²) in [5.41, 5.74) is 6.81. The molecule has 0 unspecified atom stereocenters. The second-order valence-corrected chi connectivity index (χ2v) is 8.69. The standard InChI is InChI=1S/C22H32N4O7S/c1-13(24-20(30)15(23)12-14-6-4-3-5-7-14)19(29)25-16(10-11-34-2)21(31)26-17(22(32)33)8-9-18(27)28/h3-7,13,15-17H,8-12,23H2,1-2H3,(H,24,30)(H,25,29)(H,26,31)(H,27,28)(H,32,33)/t13-,15-,16-,17-/m0/s1. The van der Waals surface area contributed by atoms with E-state index in [-0.39, 0.29) is 19.3 Å². The van der Waals surface area contributed by atoms with Crippen LogP contribution in [0.25, 0.3) is 0 Å². The smallest absolute Gasteiger partial charge is 0.326 e. The summed E-state index contributed by atoms with van der Waals surface area (Å²) in [5.74, 6) is -4.00. The van der Waals surface area contributed by atoms with Gasteiger partial charge in [-0.1, -0.05) is 30.3 Å². The summed E-state index contributed by atoms with van der Waals surface area (Å²) in [6, 6.07) is 4.81. The molecular weight excluding hydrogens is 464 g/mol. The topological polar surface area (TPSA) is 188 Å². The summed E-state index contributed by atoms with van der Waals surface area (Å²) in [4.78, 5) is 59.8. The van der Waals surface area contributed by atoms with Crippen molar-refractivity contribution in [2.75, 3.05) is 12.0 Å². The summed E-state index contributed by atoms with van der Waals surface area (Å²) in [7, 11) is 0. The molecule has 1 aromatic carbocycles. The number of hydrogen-bond donors (Lipinski definition) is 6. The van der Waals surface area contributed by atoms with Gasteiger partial charge in [-0.2, -0.15) is 11.8 Å². The molecule has 0 saturated carbocycles. The van der Waals surface area contributed by atoms with Gasteiger partial charge in [-0.3, -0.25) is 19.2 Å². The first-order valence-electron chi connectivity index (χ1n) is 10.7. The summed E-state index contributed by atoms with van der Waals surface area (Å²) in [6.07, 6.45) is 1.56. The Hall–Kier alpha value is -3.12. The van der Waals surface area contributed by atoms with E-state index in [1.807, 2.05) is 30.3 Å². The number of carboxylic acids is 2. The van der Waals surface area contributed by atoms with Crippen molar-refractivity contribution in [3.8, 4) is 0 Å². The Kier molecular flexibility index (Phi) is 12.7. The number of carbonyl (C=O) groups excluding carboxylic acids is 3. The Balaban J connectivity index is 2.72. The molecule has 0 spiro atoms. The van der Waals surface area contributed by atoms with E-state index in [1.54, 1.807) is 6.26 Å². The molecule has 0 aliphatic carbocycles. The molecule has 34 heavy (non-hydrogen) atoms. The van der Waals surface area contributed by atoms with Gasteiger partial charge in [-0.15, -0.1) is 0 Å². The Bertz CT molecular complexity index is 853. The maximum absolute atomic E-state index is 12.6. The average Bonchev–Trinajstić information content (AvgIpc) is 2.79. The molecule has 1 aromatic rings. The van der Waals surface area contributed by atoms with Crippen LogP contribution in [0.2, 0.25) is 0 Å². The monoisotopic (exact) mass is 496 g/mol. The molecule has 0 fully saturated rings. The highest BCUT2D eigenvalue weighted by Gasteiger charge is 2.28. The van der Waals surface area contributed by atoms with Gasteiger partial charge in [0.25, 0.3) is 0 Å². The third-order valence-corrected chi connectivity index (χ3v) is 5.54. The van der Waals surface area contributed by atoms with Crippen molar-refractivity contribution in [1.82, 2.24) is 16.0 Å². The number of benzene rings is 1. The number of nitrogens with two attached hydrogens (primary N) is 1. The molecule has 3 amide bonds. The normalized spacial score (nSPS) is 14.2. The lowest BCUT2D eigenvalue weighted by Crippen LogP contribution is -2.56. The van der Waals surface area contributed by atoms with Crippen LogP contribution in [0, 0.1) is 0 Å². The van der Waals surface area contributed by atoms with Crippen LogP contribution in [-0.2, 0) is 30.4 Å². The summed E-state index contributed by atoms with van der Waals surface area (Å²) in [6.45, 7) is 1.44. The fourth-order valence-electron chi connectivity index (χ4n) is 2.95. The van der Waals surface area contributed by atoms with Crippen molar-refractivity contribution in [2.45, 2.75) is 56.8 Å². The average molecular weight is 497 g/mol. The van der Waals surface area contributed by atoms with E-state index >= 15 is 0 Å². The third-order valence-electron chi connectivity index (χ3n) is 4.89. The van der Waals surface area contributed by atoms with Crippen LogP contribution in [0.4, 0.5) is 0 Å². The van der Waals surface area contributed by atoms with Crippen molar-refractivity contribution in [3.05, 3.63) is 35.9 Å². The van der Waals surface area contributed by atoms with Gasteiger partial charge < -0.3 is 31.9 Å². The maximum atomic E-state index is 12.6. The van der Waals surface area contributed by atoms with Crippen LogP contribution < -0.4 is 21.7 Å². The van der Waals surface area contributed by atoms with Gasteiger partial charge in [0.1, 0.15) is 18.1 Å². The maximum Gasteiger partial charge on any atom is 0.326 e. The van der Waals surface area contributed by atoms with Crippen molar-refractivity contribution in [2.24, 2.45) is 5.73 Å². The molecule has 0 saturated heterocycles. The van der Waals surface area contributed by atoms with Crippen molar-refractivity contribution >= 4 is 41.4 Å². The highest BCUT2D eigenvalue weighted by molar-refractivity contribution is 7.98. The number of hydrogen-bond acceptors (Lipinski definition) is 7. The first-order chi connectivity index (χ1) is 16.0. The molecule has 0 aromatic heterocycles. The van der Waals surface area contributed by atoms with Crippen LogP contribution in [0.15, 0.2) is 30.3 Å². The molecule has 4 atom stereocenters. The van der Waals surface area contributed by atoms with Gasteiger partial charge >= 0.3 is 11.9 Å². The predicted octanol–water partition coefficient (Wildman–Crippen LogP) is -0.267. The van der Waals surface area contributed by atoms with Gasteiger partial charge in [0, 0.05) is 6.42 Å². The predicted molar refractivity (Wildman–Crippen MR) is 127 cm³/mol. The number of carbonyl (C=O) groups is 5. The van der Waals surface area contributed by atoms with Gasteiger partial charge in [0.15, 0.2) is 0 Å². The van der Waals surface area contributed by atoms with E-state index in [4.69, 9.17) is 10.8 Å². The van der Waals surface area contributed by atoms with Crippen LogP contribution in [-0.4, -0.2) is 76.0 Å².